The molecule has 10 nitrogen and oxygen atoms in total. The Bertz CT molecular complexity index is 751. The zero-order chi connectivity index (χ0) is 18.9. The molecule has 11 heteroatoms. The largest absolute Gasteiger partial charge is 0.454 e. The lowest BCUT2D eigenvalue weighted by atomic mass is 10.3. The van der Waals surface area contributed by atoms with Crippen LogP contribution in [0, 0.1) is 0 Å². The van der Waals surface area contributed by atoms with Crippen molar-refractivity contribution in [3.05, 3.63) is 23.5 Å². The second-order valence-electron chi connectivity index (χ2n) is 5.38. The first-order chi connectivity index (χ1) is 13.2. The van der Waals surface area contributed by atoms with Crippen LogP contribution in [0.4, 0.5) is 17.6 Å². The van der Waals surface area contributed by atoms with Crippen molar-refractivity contribution in [3.8, 4) is 11.5 Å². The summed E-state index contributed by atoms with van der Waals surface area (Å²) in [5, 5.41) is 6.18. The molecule has 1 aromatic heterocycles. The number of halogens is 1. The maximum absolute atomic E-state index is 5.98. The number of hydrogen-bond donors (Lipinski definition) is 3. The van der Waals surface area contributed by atoms with E-state index < -0.39 is 0 Å². The summed E-state index contributed by atoms with van der Waals surface area (Å²) in [5.74, 6) is 2.02. The summed E-state index contributed by atoms with van der Waals surface area (Å²) in [6.07, 6.45) is 0. The second kappa shape index (κ2) is 10.1. The maximum atomic E-state index is 5.98. The minimum atomic E-state index is 0.0758. The van der Waals surface area contributed by atoms with Gasteiger partial charge in [-0.05, 0) is 23.7 Å². The molecule has 1 aromatic carbocycles. The normalized spacial score (nSPS) is 12.2. The molecule has 0 saturated carbocycles. The van der Waals surface area contributed by atoms with Gasteiger partial charge in [0.2, 0.25) is 24.0 Å². The molecule has 3 rings (SSSR count). The van der Waals surface area contributed by atoms with Crippen molar-refractivity contribution < 1.29 is 18.9 Å². The van der Waals surface area contributed by atoms with Gasteiger partial charge in [-0.1, -0.05) is 0 Å². The Balaban J connectivity index is 1.47. The summed E-state index contributed by atoms with van der Waals surface area (Å²) in [6, 6.07) is 5.44. The summed E-state index contributed by atoms with van der Waals surface area (Å²) in [5.41, 5.74) is 6.07. The number of rotatable bonds is 11. The van der Waals surface area contributed by atoms with E-state index in [1.54, 1.807) is 12.1 Å². The highest BCUT2D eigenvalue weighted by Gasteiger charge is 2.14. The summed E-state index contributed by atoms with van der Waals surface area (Å²) in [6.45, 7) is 3.25. The third-order valence-corrected chi connectivity index (χ3v) is 3.57. The van der Waals surface area contributed by atoms with E-state index in [1.807, 2.05) is 6.07 Å². The lowest BCUT2D eigenvalue weighted by molar-refractivity contribution is 0.0547. The van der Waals surface area contributed by atoms with Gasteiger partial charge in [-0.2, -0.15) is 15.0 Å². The van der Waals surface area contributed by atoms with Gasteiger partial charge in [0.25, 0.3) is 0 Å². The van der Waals surface area contributed by atoms with Crippen LogP contribution in [-0.2, 0) is 9.47 Å². The van der Waals surface area contributed by atoms with Crippen molar-refractivity contribution in [2.45, 2.75) is 0 Å². The highest BCUT2D eigenvalue weighted by molar-refractivity contribution is 6.28. The molecule has 0 saturated heterocycles. The van der Waals surface area contributed by atoms with Crippen LogP contribution in [-0.4, -0.2) is 61.3 Å². The Labute approximate surface area is 161 Å². The van der Waals surface area contributed by atoms with Crippen molar-refractivity contribution >= 4 is 29.2 Å². The van der Waals surface area contributed by atoms with E-state index in [2.05, 4.69) is 25.6 Å². The molecule has 1 aliphatic rings. The van der Waals surface area contributed by atoms with Gasteiger partial charge in [0.15, 0.2) is 11.5 Å². The molecular formula is C16H21ClN6O4. The Hall–Kier alpha value is -2.40. The van der Waals surface area contributed by atoms with Gasteiger partial charge in [-0.25, -0.2) is 0 Å². The second-order valence-corrected chi connectivity index (χ2v) is 5.72. The number of aromatic nitrogens is 3. The van der Waals surface area contributed by atoms with Crippen molar-refractivity contribution in [2.24, 2.45) is 5.73 Å². The molecule has 0 amide bonds. The van der Waals surface area contributed by atoms with E-state index >= 15 is 0 Å². The van der Waals surface area contributed by atoms with E-state index in [9.17, 15) is 0 Å². The Kier molecular flexibility index (Phi) is 7.22. The van der Waals surface area contributed by atoms with Gasteiger partial charge >= 0.3 is 0 Å². The SMILES string of the molecule is NCCOCCOCCNc1nc(Cl)nc(Nc2ccc3c(c2)OCO3)n1. The van der Waals surface area contributed by atoms with Crippen LogP contribution in [0.5, 0.6) is 11.5 Å². The molecule has 0 aliphatic carbocycles. The van der Waals surface area contributed by atoms with Crippen LogP contribution >= 0.6 is 11.6 Å². The van der Waals surface area contributed by atoms with E-state index in [1.165, 1.54) is 0 Å². The number of benzene rings is 1. The van der Waals surface area contributed by atoms with Crippen LogP contribution in [0.15, 0.2) is 18.2 Å². The molecule has 0 radical (unpaired) electrons. The maximum Gasteiger partial charge on any atom is 0.233 e. The zero-order valence-electron chi connectivity index (χ0n) is 14.6. The first kappa shape index (κ1) is 19.4. The summed E-state index contributed by atoms with van der Waals surface area (Å²) >= 11 is 5.98. The average molecular weight is 397 g/mol. The van der Waals surface area contributed by atoms with Crippen molar-refractivity contribution in [1.82, 2.24) is 15.0 Å². The Morgan fingerprint density at radius 2 is 1.78 bits per heavy atom. The predicted octanol–water partition coefficient (Wildman–Crippen LogP) is 1.40. The van der Waals surface area contributed by atoms with Gasteiger partial charge in [0.05, 0.1) is 26.4 Å². The zero-order valence-corrected chi connectivity index (χ0v) is 15.4. The first-order valence-electron chi connectivity index (χ1n) is 8.42. The summed E-state index contributed by atoms with van der Waals surface area (Å²) in [4.78, 5) is 12.4. The Morgan fingerprint density at radius 1 is 1.00 bits per heavy atom. The minimum Gasteiger partial charge on any atom is -0.454 e. The molecular weight excluding hydrogens is 376 g/mol. The minimum absolute atomic E-state index is 0.0758. The summed E-state index contributed by atoms with van der Waals surface area (Å²) in [7, 11) is 0. The lowest BCUT2D eigenvalue weighted by Crippen LogP contribution is -2.16. The molecule has 0 bridgehead atoms. The predicted molar refractivity (Wildman–Crippen MR) is 99.9 cm³/mol. The third kappa shape index (κ3) is 6.07. The molecule has 0 spiro atoms. The van der Waals surface area contributed by atoms with E-state index in [4.69, 9.17) is 36.3 Å². The van der Waals surface area contributed by atoms with Crippen LogP contribution in [0.3, 0.4) is 0 Å². The standard InChI is InChI=1S/C16H21ClN6O4/c17-14-21-15(19-4-6-25-8-7-24-5-3-18)23-16(22-14)20-11-1-2-12-13(9-11)27-10-26-12/h1-2,9H,3-8,10,18H2,(H2,19,20,21,22,23). The third-order valence-electron chi connectivity index (χ3n) is 3.40. The van der Waals surface area contributed by atoms with Gasteiger partial charge in [-0.15, -0.1) is 0 Å². The molecule has 2 aromatic rings. The van der Waals surface area contributed by atoms with Gasteiger partial charge in [0.1, 0.15) is 0 Å². The van der Waals surface area contributed by atoms with Gasteiger partial charge < -0.3 is 35.3 Å². The van der Waals surface area contributed by atoms with E-state index in [0.29, 0.717) is 62.9 Å². The lowest BCUT2D eigenvalue weighted by Gasteiger charge is -2.09. The van der Waals surface area contributed by atoms with Gasteiger partial charge in [0, 0.05) is 24.8 Å². The fraction of sp³-hybridized carbons (Fsp3) is 0.438. The van der Waals surface area contributed by atoms with E-state index in [0.717, 1.165) is 5.69 Å². The molecule has 146 valence electrons. The molecule has 2 heterocycles. The molecule has 0 fully saturated rings. The van der Waals surface area contributed by atoms with E-state index in [-0.39, 0.29) is 12.1 Å². The molecule has 0 atom stereocenters. The van der Waals surface area contributed by atoms with Crippen molar-refractivity contribution in [3.63, 3.8) is 0 Å². The fourth-order valence-electron chi connectivity index (χ4n) is 2.23. The number of anilines is 3. The van der Waals surface area contributed by atoms with Crippen LogP contribution in [0.2, 0.25) is 5.28 Å². The average Bonchev–Trinajstić information content (AvgIpc) is 3.11. The van der Waals surface area contributed by atoms with Crippen molar-refractivity contribution in [1.29, 1.82) is 0 Å². The van der Waals surface area contributed by atoms with Crippen LogP contribution < -0.4 is 25.8 Å². The molecule has 27 heavy (non-hydrogen) atoms. The monoisotopic (exact) mass is 396 g/mol. The summed E-state index contributed by atoms with van der Waals surface area (Å²) < 4.78 is 21.3. The highest BCUT2D eigenvalue weighted by atomic mass is 35.5. The fourth-order valence-corrected chi connectivity index (χ4v) is 2.39. The van der Waals surface area contributed by atoms with Crippen LogP contribution in [0.25, 0.3) is 0 Å². The number of nitrogens with zero attached hydrogens (tertiary/aromatic N) is 3. The number of ether oxygens (including phenoxy) is 4. The van der Waals surface area contributed by atoms with Crippen molar-refractivity contribution in [2.75, 3.05) is 56.9 Å². The van der Waals surface area contributed by atoms with Gasteiger partial charge in [-0.3, -0.25) is 0 Å². The quantitative estimate of drug-likeness (QED) is 0.480. The number of hydrogen-bond acceptors (Lipinski definition) is 10. The van der Waals surface area contributed by atoms with Crippen LogP contribution in [0.1, 0.15) is 0 Å². The topological polar surface area (TPSA) is 126 Å². The number of fused-ring (bicyclic) bond motifs is 1. The number of nitrogens with one attached hydrogen (secondary N) is 2. The molecule has 1 aliphatic heterocycles. The Morgan fingerprint density at radius 3 is 2.63 bits per heavy atom. The number of nitrogens with two attached hydrogens (primary N) is 1. The highest BCUT2D eigenvalue weighted by Crippen LogP contribution is 2.34. The first-order valence-corrected chi connectivity index (χ1v) is 8.80. The molecule has 0 unspecified atom stereocenters. The smallest absolute Gasteiger partial charge is 0.233 e. The molecule has 4 N–H and O–H groups in total.